The third-order valence-corrected chi connectivity index (χ3v) is 2.87. The van der Waals surface area contributed by atoms with E-state index in [1.807, 2.05) is 18.2 Å². The van der Waals surface area contributed by atoms with Crippen molar-refractivity contribution in [3.8, 4) is 0 Å². The van der Waals surface area contributed by atoms with E-state index in [2.05, 4.69) is 10.3 Å². The van der Waals surface area contributed by atoms with Crippen LogP contribution in [0.5, 0.6) is 0 Å². The van der Waals surface area contributed by atoms with Crippen LogP contribution in [-0.2, 0) is 6.42 Å². The average Bonchev–Trinajstić information content (AvgIpc) is 2.50. The highest BCUT2D eigenvalue weighted by molar-refractivity contribution is 5.72. The van der Waals surface area contributed by atoms with Crippen LogP contribution in [0, 0.1) is 5.92 Å². The highest BCUT2D eigenvalue weighted by atomic mass is 16.4. The Morgan fingerprint density at radius 2 is 2.33 bits per heavy atom. The Morgan fingerprint density at radius 1 is 1.47 bits per heavy atom. The molecule has 1 aliphatic rings. The molecule has 0 unspecified atom stereocenters. The third kappa shape index (κ3) is 1.57. The number of benzene rings is 1. The first-order valence-corrected chi connectivity index (χ1v) is 5.14. The molecule has 0 aliphatic carbocycles. The third-order valence-electron chi connectivity index (χ3n) is 2.87. The van der Waals surface area contributed by atoms with Crippen molar-refractivity contribution in [1.29, 1.82) is 0 Å². The number of hydrogen-bond donors (Lipinski definition) is 2. The molecule has 1 aromatic heterocycles. The van der Waals surface area contributed by atoms with Gasteiger partial charge in [-0.3, -0.25) is 4.98 Å². The van der Waals surface area contributed by atoms with E-state index < -0.39 is 0 Å². The van der Waals surface area contributed by atoms with Crippen LogP contribution in [0.2, 0.25) is 0 Å². The van der Waals surface area contributed by atoms with Crippen molar-refractivity contribution in [1.82, 2.24) is 10.3 Å². The van der Waals surface area contributed by atoms with Crippen LogP contribution in [0.25, 0.3) is 11.1 Å². The minimum Gasteiger partial charge on any atom is -0.408 e. The van der Waals surface area contributed by atoms with Gasteiger partial charge in [0.2, 0.25) is 0 Å². The van der Waals surface area contributed by atoms with Gasteiger partial charge in [0, 0.05) is 1.43 Å². The molecule has 0 saturated carbocycles. The Morgan fingerprint density at radius 3 is 3.07 bits per heavy atom. The molecule has 4 heteroatoms. The van der Waals surface area contributed by atoms with Crippen molar-refractivity contribution in [2.24, 2.45) is 5.92 Å². The molecule has 0 radical (unpaired) electrons. The summed E-state index contributed by atoms with van der Waals surface area (Å²) in [5, 5.41) is 3.25. The van der Waals surface area contributed by atoms with Gasteiger partial charge in [0.15, 0.2) is 5.58 Å². The maximum Gasteiger partial charge on any atom is 0.417 e. The highest BCUT2D eigenvalue weighted by Crippen LogP contribution is 2.17. The zero-order valence-corrected chi connectivity index (χ0v) is 8.25. The van der Waals surface area contributed by atoms with Crippen LogP contribution in [0.3, 0.4) is 0 Å². The molecule has 0 spiro atoms. The summed E-state index contributed by atoms with van der Waals surface area (Å²) in [5.74, 6) is 0.355. The summed E-state index contributed by atoms with van der Waals surface area (Å²) in [7, 11) is 0. The second-order valence-electron chi connectivity index (χ2n) is 4.07. The normalized spacial score (nSPS) is 16.8. The molecule has 0 atom stereocenters. The second-order valence-corrected chi connectivity index (χ2v) is 4.07. The molecule has 3 rings (SSSR count). The quantitative estimate of drug-likeness (QED) is 0.774. The molecule has 1 aromatic carbocycles. The lowest BCUT2D eigenvalue weighted by atomic mass is 9.94. The predicted octanol–water partition coefficient (Wildman–Crippen LogP) is 1.13. The van der Waals surface area contributed by atoms with Crippen LogP contribution < -0.4 is 11.1 Å². The van der Waals surface area contributed by atoms with Crippen LogP contribution >= 0.6 is 0 Å². The average molecular weight is 206 g/mol. The molecular formula is C11H14N2O2. The summed E-state index contributed by atoms with van der Waals surface area (Å²) >= 11 is 0. The van der Waals surface area contributed by atoms with E-state index in [1.54, 1.807) is 0 Å². The van der Waals surface area contributed by atoms with Crippen molar-refractivity contribution in [2.45, 2.75) is 6.42 Å². The predicted molar refractivity (Wildman–Crippen MR) is 59.0 cm³/mol. The lowest BCUT2D eigenvalue weighted by Crippen LogP contribution is -2.43. The summed E-state index contributed by atoms with van der Waals surface area (Å²) in [6, 6.07) is 5.88. The van der Waals surface area contributed by atoms with Gasteiger partial charge in [0.1, 0.15) is 0 Å². The molecule has 2 heterocycles. The Bertz CT molecular complexity index is 542. The standard InChI is InChI=1S/C11H12N2O2.H2/c14-11-13-9-4-7(1-2-10(9)15-11)3-8-5-12-6-8;/h1-2,4,8,12H,3,5-6H2,(H,13,14);1H. The van der Waals surface area contributed by atoms with Gasteiger partial charge in [0.25, 0.3) is 0 Å². The number of aromatic nitrogens is 1. The van der Waals surface area contributed by atoms with E-state index in [1.165, 1.54) is 5.56 Å². The van der Waals surface area contributed by atoms with Gasteiger partial charge in [0.05, 0.1) is 5.52 Å². The molecule has 0 bridgehead atoms. The van der Waals surface area contributed by atoms with E-state index in [-0.39, 0.29) is 7.18 Å². The number of fused-ring (bicyclic) bond motifs is 1. The molecule has 15 heavy (non-hydrogen) atoms. The molecule has 4 nitrogen and oxygen atoms in total. The minimum absolute atomic E-state index is 0. The number of hydrogen-bond acceptors (Lipinski definition) is 3. The number of nitrogens with one attached hydrogen (secondary N) is 2. The minimum atomic E-state index is -0.382. The SMILES string of the molecule is O=c1[nH]c2cc(CC3CNC3)ccc2o1.[HH]. The molecule has 0 amide bonds. The maximum absolute atomic E-state index is 11.0. The fourth-order valence-electron chi connectivity index (χ4n) is 1.95. The zero-order chi connectivity index (χ0) is 10.3. The summed E-state index contributed by atoms with van der Waals surface area (Å²) in [4.78, 5) is 13.6. The zero-order valence-electron chi connectivity index (χ0n) is 8.25. The first-order chi connectivity index (χ1) is 7.31. The number of oxazole rings is 1. The summed E-state index contributed by atoms with van der Waals surface area (Å²) in [5.41, 5.74) is 2.69. The molecule has 1 fully saturated rings. The summed E-state index contributed by atoms with van der Waals surface area (Å²) in [6.45, 7) is 2.19. The Labute approximate surface area is 87.8 Å². The van der Waals surface area contributed by atoms with E-state index in [0.29, 0.717) is 5.58 Å². The maximum atomic E-state index is 11.0. The van der Waals surface area contributed by atoms with E-state index in [4.69, 9.17) is 4.42 Å². The van der Waals surface area contributed by atoms with Crippen molar-refractivity contribution in [3.05, 3.63) is 34.3 Å². The van der Waals surface area contributed by atoms with Crippen LogP contribution in [0.15, 0.2) is 27.4 Å². The summed E-state index contributed by atoms with van der Waals surface area (Å²) in [6.07, 6.45) is 1.07. The first-order valence-electron chi connectivity index (χ1n) is 5.14. The number of rotatable bonds is 2. The van der Waals surface area contributed by atoms with Crippen LogP contribution in [0.4, 0.5) is 0 Å². The van der Waals surface area contributed by atoms with Gasteiger partial charge in [-0.2, -0.15) is 0 Å². The van der Waals surface area contributed by atoms with Gasteiger partial charge in [-0.25, -0.2) is 4.79 Å². The van der Waals surface area contributed by atoms with Gasteiger partial charge in [-0.15, -0.1) is 0 Å². The lowest BCUT2D eigenvalue weighted by molar-refractivity contribution is 0.346. The summed E-state index contributed by atoms with van der Waals surface area (Å²) < 4.78 is 4.94. The Kier molecular flexibility index (Phi) is 1.89. The molecule has 2 aromatic rings. The largest absolute Gasteiger partial charge is 0.417 e. The van der Waals surface area contributed by atoms with E-state index in [9.17, 15) is 4.79 Å². The van der Waals surface area contributed by atoms with Crippen molar-refractivity contribution < 1.29 is 5.84 Å². The van der Waals surface area contributed by atoms with Gasteiger partial charge < -0.3 is 9.73 Å². The molecular weight excluding hydrogens is 192 g/mol. The fourth-order valence-corrected chi connectivity index (χ4v) is 1.95. The van der Waals surface area contributed by atoms with E-state index in [0.717, 1.165) is 30.9 Å². The Balaban J connectivity index is 0.000000963. The topological polar surface area (TPSA) is 58.0 Å². The second kappa shape index (κ2) is 3.24. The lowest BCUT2D eigenvalue weighted by Gasteiger charge is -2.26. The smallest absolute Gasteiger partial charge is 0.408 e. The van der Waals surface area contributed by atoms with E-state index >= 15 is 0 Å². The monoisotopic (exact) mass is 206 g/mol. The van der Waals surface area contributed by atoms with Crippen molar-refractivity contribution in [3.63, 3.8) is 0 Å². The van der Waals surface area contributed by atoms with Crippen molar-refractivity contribution in [2.75, 3.05) is 13.1 Å². The molecule has 80 valence electrons. The van der Waals surface area contributed by atoms with Gasteiger partial charge in [-0.1, -0.05) is 6.07 Å². The number of aromatic amines is 1. The van der Waals surface area contributed by atoms with Crippen LogP contribution in [-0.4, -0.2) is 18.1 Å². The van der Waals surface area contributed by atoms with Gasteiger partial charge >= 0.3 is 5.76 Å². The highest BCUT2D eigenvalue weighted by Gasteiger charge is 2.17. The number of H-pyrrole nitrogens is 1. The molecule has 2 N–H and O–H groups in total. The Hall–Kier alpha value is -1.55. The first kappa shape index (κ1) is 8.73. The molecule has 1 aliphatic heterocycles. The van der Waals surface area contributed by atoms with Gasteiger partial charge in [-0.05, 0) is 43.1 Å². The van der Waals surface area contributed by atoms with Crippen LogP contribution in [0.1, 0.15) is 6.99 Å². The molecule has 1 saturated heterocycles. The fraction of sp³-hybridized carbons (Fsp3) is 0.364. The van der Waals surface area contributed by atoms with Crippen molar-refractivity contribution >= 4 is 11.1 Å².